The summed E-state index contributed by atoms with van der Waals surface area (Å²) in [4.78, 5) is 4.73. The molecule has 0 unspecified atom stereocenters. The van der Waals surface area contributed by atoms with Crippen molar-refractivity contribution in [2.45, 2.75) is 0 Å². The highest BCUT2D eigenvalue weighted by molar-refractivity contribution is 5.58. The molecule has 6 nitrogen and oxygen atoms in total. The standard InChI is InChI=1S/C21H21N5O/c1-27-21-8-6-20(7-9-21)26-12-10-25(11-13-26)19-4-2-18(3-5-19)24-16-17(14-22)15-23/h2-9,16,24H,10-13H2,1H3. The average molecular weight is 359 g/mol. The SMILES string of the molecule is COc1ccc(N2CCN(c3ccc(NC=C(C#N)C#N)cc3)CC2)cc1. The molecule has 0 saturated carbocycles. The number of benzene rings is 2. The summed E-state index contributed by atoms with van der Waals surface area (Å²) in [6.45, 7) is 3.82. The Balaban J connectivity index is 1.57. The lowest BCUT2D eigenvalue weighted by atomic mass is 10.2. The van der Waals surface area contributed by atoms with Crippen LogP contribution in [0.25, 0.3) is 0 Å². The van der Waals surface area contributed by atoms with Crippen LogP contribution in [0.1, 0.15) is 0 Å². The van der Waals surface area contributed by atoms with Crippen molar-refractivity contribution in [2.75, 3.05) is 48.4 Å². The van der Waals surface area contributed by atoms with Crippen molar-refractivity contribution in [2.24, 2.45) is 0 Å². The fraction of sp³-hybridized carbons (Fsp3) is 0.238. The second-order valence-electron chi connectivity index (χ2n) is 6.14. The van der Waals surface area contributed by atoms with E-state index in [2.05, 4.69) is 39.4 Å². The van der Waals surface area contributed by atoms with Gasteiger partial charge in [0.05, 0.1) is 7.11 Å². The molecule has 1 aliphatic heterocycles. The molecule has 0 bridgehead atoms. The van der Waals surface area contributed by atoms with Crippen LogP contribution in [0.2, 0.25) is 0 Å². The minimum Gasteiger partial charge on any atom is -0.497 e. The number of hydrogen-bond acceptors (Lipinski definition) is 6. The monoisotopic (exact) mass is 359 g/mol. The summed E-state index contributed by atoms with van der Waals surface area (Å²) in [6, 6.07) is 19.8. The van der Waals surface area contributed by atoms with Gasteiger partial charge in [0.15, 0.2) is 0 Å². The predicted molar refractivity (Wildman–Crippen MR) is 107 cm³/mol. The van der Waals surface area contributed by atoms with Gasteiger partial charge in [0.1, 0.15) is 23.5 Å². The lowest BCUT2D eigenvalue weighted by molar-refractivity contribution is 0.415. The van der Waals surface area contributed by atoms with Crippen LogP contribution in [0, 0.1) is 22.7 Å². The Morgan fingerprint density at radius 3 is 1.81 bits per heavy atom. The van der Waals surface area contributed by atoms with E-state index in [0.717, 1.165) is 37.6 Å². The summed E-state index contributed by atoms with van der Waals surface area (Å²) in [5, 5.41) is 20.5. The number of methoxy groups -OCH3 is 1. The molecule has 1 saturated heterocycles. The number of hydrogen-bond donors (Lipinski definition) is 1. The topological polar surface area (TPSA) is 75.3 Å². The van der Waals surface area contributed by atoms with Crippen molar-refractivity contribution in [3.05, 3.63) is 60.3 Å². The molecule has 1 fully saturated rings. The number of nitriles is 2. The molecule has 0 atom stereocenters. The Labute approximate surface area is 159 Å². The molecule has 0 spiro atoms. The van der Waals surface area contributed by atoms with Crippen molar-refractivity contribution in [3.63, 3.8) is 0 Å². The van der Waals surface area contributed by atoms with E-state index in [4.69, 9.17) is 15.3 Å². The molecular weight excluding hydrogens is 338 g/mol. The van der Waals surface area contributed by atoms with Crippen molar-refractivity contribution in [3.8, 4) is 17.9 Å². The summed E-state index contributed by atoms with van der Waals surface area (Å²) in [5.41, 5.74) is 3.28. The first kappa shape index (κ1) is 18.2. The molecule has 1 N–H and O–H groups in total. The number of allylic oxidation sites excluding steroid dienone is 1. The Hall–Kier alpha value is -3.64. The smallest absolute Gasteiger partial charge is 0.145 e. The molecule has 6 heteroatoms. The molecular formula is C21H21N5O. The van der Waals surface area contributed by atoms with Crippen LogP contribution in [-0.4, -0.2) is 33.3 Å². The van der Waals surface area contributed by atoms with E-state index >= 15 is 0 Å². The number of anilines is 3. The third-order valence-corrected chi connectivity index (χ3v) is 4.57. The number of nitrogens with zero attached hydrogens (tertiary/aromatic N) is 4. The van der Waals surface area contributed by atoms with Gasteiger partial charge in [0.2, 0.25) is 0 Å². The van der Waals surface area contributed by atoms with E-state index in [1.807, 2.05) is 36.4 Å². The summed E-state index contributed by atoms with van der Waals surface area (Å²) in [7, 11) is 1.68. The highest BCUT2D eigenvalue weighted by atomic mass is 16.5. The number of piperazine rings is 1. The zero-order chi connectivity index (χ0) is 19.1. The lowest BCUT2D eigenvalue weighted by Gasteiger charge is -2.37. The number of ether oxygens (including phenoxy) is 1. The van der Waals surface area contributed by atoms with Gasteiger partial charge in [-0.25, -0.2) is 0 Å². The molecule has 0 aliphatic carbocycles. The van der Waals surface area contributed by atoms with Gasteiger partial charge < -0.3 is 19.9 Å². The highest BCUT2D eigenvalue weighted by Crippen LogP contribution is 2.23. The van der Waals surface area contributed by atoms with E-state index in [0.29, 0.717) is 0 Å². The second kappa shape index (κ2) is 8.64. The minimum absolute atomic E-state index is 0.0498. The van der Waals surface area contributed by atoms with Crippen LogP contribution in [0.3, 0.4) is 0 Å². The molecule has 0 aromatic heterocycles. The van der Waals surface area contributed by atoms with Gasteiger partial charge in [-0.15, -0.1) is 0 Å². The van der Waals surface area contributed by atoms with Crippen molar-refractivity contribution >= 4 is 17.1 Å². The first-order valence-corrected chi connectivity index (χ1v) is 8.74. The van der Waals surface area contributed by atoms with Gasteiger partial charge in [0.25, 0.3) is 0 Å². The average Bonchev–Trinajstić information content (AvgIpc) is 2.75. The van der Waals surface area contributed by atoms with Gasteiger partial charge in [-0.2, -0.15) is 10.5 Å². The van der Waals surface area contributed by atoms with E-state index in [1.54, 1.807) is 7.11 Å². The molecule has 2 aromatic carbocycles. The third kappa shape index (κ3) is 4.50. The maximum Gasteiger partial charge on any atom is 0.145 e. The van der Waals surface area contributed by atoms with Crippen molar-refractivity contribution in [1.29, 1.82) is 10.5 Å². The highest BCUT2D eigenvalue weighted by Gasteiger charge is 2.17. The summed E-state index contributed by atoms with van der Waals surface area (Å²) >= 11 is 0. The van der Waals surface area contributed by atoms with Gasteiger partial charge in [0, 0.05) is 49.4 Å². The first-order valence-electron chi connectivity index (χ1n) is 8.74. The van der Waals surface area contributed by atoms with Crippen molar-refractivity contribution in [1.82, 2.24) is 0 Å². The Morgan fingerprint density at radius 1 is 0.889 bits per heavy atom. The van der Waals surface area contributed by atoms with Crippen molar-refractivity contribution < 1.29 is 4.74 Å². The quantitative estimate of drug-likeness (QED) is 0.825. The Kier molecular flexibility index (Phi) is 5.81. The fourth-order valence-corrected chi connectivity index (χ4v) is 3.03. The maximum atomic E-state index is 8.75. The molecule has 3 rings (SSSR count). The first-order chi connectivity index (χ1) is 13.2. The summed E-state index contributed by atoms with van der Waals surface area (Å²) in [6.07, 6.45) is 1.42. The fourth-order valence-electron chi connectivity index (χ4n) is 3.03. The predicted octanol–water partition coefficient (Wildman–Crippen LogP) is 3.36. The summed E-state index contributed by atoms with van der Waals surface area (Å²) in [5.74, 6) is 0.873. The van der Waals surface area contributed by atoms with E-state index in [9.17, 15) is 0 Å². The molecule has 27 heavy (non-hydrogen) atoms. The van der Waals surface area contributed by atoms with Gasteiger partial charge >= 0.3 is 0 Å². The molecule has 136 valence electrons. The molecule has 0 radical (unpaired) electrons. The third-order valence-electron chi connectivity index (χ3n) is 4.57. The largest absolute Gasteiger partial charge is 0.497 e. The molecule has 1 heterocycles. The zero-order valence-corrected chi connectivity index (χ0v) is 15.2. The minimum atomic E-state index is 0.0498. The zero-order valence-electron chi connectivity index (χ0n) is 15.2. The number of rotatable bonds is 5. The van der Waals surface area contributed by atoms with E-state index in [-0.39, 0.29) is 5.57 Å². The van der Waals surface area contributed by atoms with Crippen LogP contribution in [0.5, 0.6) is 5.75 Å². The van der Waals surface area contributed by atoms with E-state index in [1.165, 1.54) is 17.6 Å². The normalized spacial score (nSPS) is 13.3. The maximum absolute atomic E-state index is 8.75. The molecule has 0 amide bonds. The van der Waals surface area contributed by atoms with Gasteiger partial charge in [-0.3, -0.25) is 0 Å². The Bertz CT molecular complexity index is 851. The van der Waals surface area contributed by atoms with Crippen LogP contribution >= 0.6 is 0 Å². The molecule has 2 aromatic rings. The summed E-state index contributed by atoms with van der Waals surface area (Å²) < 4.78 is 5.22. The molecule has 1 aliphatic rings. The van der Waals surface area contributed by atoms with Crippen LogP contribution in [0.4, 0.5) is 17.1 Å². The van der Waals surface area contributed by atoms with E-state index < -0.39 is 0 Å². The Morgan fingerprint density at radius 2 is 1.37 bits per heavy atom. The van der Waals surface area contributed by atoms with Crippen LogP contribution in [0.15, 0.2) is 60.3 Å². The lowest BCUT2D eigenvalue weighted by Crippen LogP contribution is -2.46. The van der Waals surface area contributed by atoms with Crippen LogP contribution < -0.4 is 19.9 Å². The van der Waals surface area contributed by atoms with Gasteiger partial charge in [-0.1, -0.05) is 0 Å². The van der Waals surface area contributed by atoms with Crippen LogP contribution in [-0.2, 0) is 0 Å². The van der Waals surface area contributed by atoms with Gasteiger partial charge in [-0.05, 0) is 48.5 Å². The number of nitrogens with one attached hydrogen (secondary N) is 1. The second-order valence-corrected chi connectivity index (χ2v) is 6.14.